The third-order valence-corrected chi connectivity index (χ3v) is 3.95. The molecule has 6 heteroatoms. The van der Waals surface area contributed by atoms with Gasteiger partial charge in [0.1, 0.15) is 5.75 Å². The molecule has 0 saturated carbocycles. The molecule has 0 N–H and O–H groups in total. The van der Waals surface area contributed by atoms with E-state index in [4.69, 9.17) is 4.74 Å². The minimum Gasteiger partial charge on any atom is -0.427 e. The lowest BCUT2D eigenvalue weighted by Crippen LogP contribution is -2.50. The van der Waals surface area contributed by atoms with Gasteiger partial charge in [0, 0.05) is 38.7 Å². The van der Waals surface area contributed by atoms with Gasteiger partial charge < -0.3 is 14.5 Å². The summed E-state index contributed by atoms with van der Waals surface area (Å²) in [5.74, 6) is -0.227. The number of nitrogens with zero attached hydrogens (tertiary/aromatic N) is 2. The number of hydrogen-bond acceptors (Lipinski definition) is 4. The maximum atomic E-state index is 12.6. The molecule has 2 amide bonds. The first kappa shape index (κ1) is 19.7. The second-order valence-electron chi connectivity index (χ2n) is 7.44. The molecule has 1 heterocycles. The molecular weight excluding hydrogens is 332 g/mol. The Morgan fingerprint density at radius 2 is 1.65 bits per heavy atom. The predicted octanol–water partition coefficient (Wildman–Crippen LogP) is 2.50. The number of carbonyl (C=O) groups is 3. The van der Waals surface area contributed by atoms with Crippen molar-refractivity contribution in [1.82, 2.24) is 9.80 Å². The summed E-state index contributed by atoms with van der Waals surface area (Å²) in [6.07, 6.45) is 3.51. The molecule has 1 aromatic rings. The zero-order chi connectivity index (χ0) is 19.3. The molecule has 26 heavy (non-hydrogen) atoms. The van der Waals surface area contributed by atoms with Crippen molar-refractivity contribution in [2.75, 3.05) is 26.2 Å². The number of amides is 2. The summed E-state index contributed by atoms with van der Waals surface area (Å²) in [6, 6.07) is 6.57. The molecule has 0 aliphatic carbocycles. The minimum atomic E-state index is -0.426. The quantitative estimate of drug-likeness (QED) is 0.473. The van der Waals surface area contributed by atoms with Crippen molar-refractivity contribution in [2.24, 2.45) is 5.41 Å². The van der Waals surface area contributed by atoms with Crippen LogP contribution in [0.2, 0.25) is 0 Å². The molecule has 1 aliphatic rings. The first-order valence-electron chi connectivity index (χ1n) is 8.71. The van der Waals surface area contributed by atoms with Crippen molar-refractivity contribution in [2.45, 2.75) is 27.7 Å². The number of carbonyl (C=O) groups excluding carboxylic acids is 3. The highest BCUT2D eigenvalue weighted by Crippen LogP contribution is 2.17. The van der Waals surface area contributed by atoms with Gasteiger partial charge in [0.05, 0.1) is 0 Å². The molecule has 1 saturated heterocycles. The van der Waals surface area contributed by atoms with Crippen molar-refractivity contribution >= 4 is 17.8 Å². The fraction of sp³-hybridized carbons (Fsp3) is 0.450. The van der Waals surface area contributed by atoms with Crippen LogP contribution in [0.3, 0.4) is 0 Å². The van der Waals surface area contributed by atoms with Gasteiger partial charge in [0.2, 0.25) is 5.91 Å². The number of allylic oxidation sites excluding steroid dienone is 1. The lowest BCUT2D eigenvalue weighted by molar-refractivity contribution is -0.132. The normalized spacial score (nSPS) is 15.2. The summed E-state index contributed by atoms with van der Waals surface area (Å²) in [4.78, 5) is 39.4. The van der Waals surface area contributed by atoms with Crippen LogP contribution in [0.1, 0.15) is 38.1 Å². The van der Waals surface area contributed by atoms with Crippen LogP contribution in [0.5, 0.6) is 5.75 Å². The molecule has 0 aromatic heterocycles. The fourth-order valence-corrected chi connectivity index (χ4v) is 2.60. The molecular formula is C20H26N2O4. The van der Waals surface area contributed by atoms with Crippen molar-refractivity contribution in [3.8, 4) is 5.75 Å². The maximum Gasteiger partial charge on any atom is 0.308 e. The second-order valence-corrected chi connectivity index (χ2v) is 7.44. The fourth-order valence-electron chi connectivity index (χ4n) is 2.60. The molecule has 0 radical (unpaired) electrons. The van der Waals surface area contributed by atoms with E-state index in [1.165, 1.54) is 6.92 Å². The average molecular weight is 358 g/mol. The van der Waals surface area contributed by atoms with E-state index in [9.17, 15) is 14.4 Å². The monoisotopic (exact) mass is 358 g/mol. The predicted molar refractivity (Wildman–Crippen MR) is 98.8 cm³/mol. The van der Waals surface area contributed by atoms with E-state index >= 15 is 0 Å². The molecule has 2 rings (SSSR count). The van der Waals surface area contributed by atoms with E-state index in [1.807, 2.05) is 26.8 Å². The zero-order valence-electron chi connectivity index (χ0n) is 15.8. The van der Waals surface area contributed by atoms with Crippen LogP contribution in [-0.4, -0.2) is 53.8 Å². The van der Waals surface area contributed by atoms with E-state index < -0.39 is 5.97 Å². The van der Waals surface area contributed by atoms with Crippen LogP contribution < -0.4 is 4.74 Å². The van der Waals surface area contributed by atoms with Crippen LogP contribution in [-0.2, 0) is 9.59 Å². The Morgan fingerprint density at radius 1 is 1.04 bits per heavy atom. The molecule has 0 bridgehead atoms. The van der Waals surface area contributed by atoms with Crippen LogP contribution in [0.15, 0.2) is 36.4 Å². The van der Waals surface area contributed by atoms with Crippen molar-refractivity contribution in [3.05, 3.63) is 42.0 Å². The smallest absolute Gasteiger partial charge is 0.308 e. The zero-order valence-corrected chi connectivity index (χ0v) is 15.8. The number of benzene rings is 1. The Balaban J connectivity index is 1.95. The van der Waals surface area contributed by atoms with E-state index in [1.54, 1.807) is 40.1 Å². The van der Waals surface area contributed by atoms with Crippen LogP contribution in [0.4, 0.5) is 0 Å². The summed E-state index contributed by atoms with van der Waals surface area (Å²) in [6.45, 7) is 9.40. The number of esters is 1. The largest absolute Gasteiger partial charge is 0.427 e. The van der Waals surface area contributed by atoms with Crippen molar-refractivity contribution < 1.29 is 19.1 Å². The van der Waals surface area contributed by atoms with Crippen molar-refractivity contribution in [1.29, 1.82) is 0 Å². The van der Waals surface area contributed by atoms with Gasteiger partial charge in [-0.2, -0.15) is 0 Å². The molecule has 1 aliphatic heterocycles. The van der Waals surface area contributed by atoms with Crippen LogP contribution >= 0.6 is 0 Å². The number of piperazine rings is 1. The van der Waals surface area contributed by atoms with Gasteiger partial charge in [-0.1, -0.05) is 32.9 Å². The Bertz CT molecular complexity index is 711. The molecule has 0 spiro atoms. The summed E-state index contributed by atoms with van der Waals surface area (Å²) in [5, 5.41) is 0. The molecule has 140 valence electrons. The van der Waals surface area contributed by atoms with Crippen LogP contribution in [0.25, 0.3) is 0 Å². The van der Waals surface area contributed by atoms with E-state index in [2.05, 4.69) is 0 Å². The van der Waals surface area contributed by atoms with Gasteiger partial charge in [0.25, 0.3) is 5.91 Å². The SMILES string of the molecule is CC(=O)Oc1cccc(C(=O)N2CCN(C(=O)/C=C/C(C)(C)C)CC2)c1. The van der Waals surface area contributed by atoms with Crippen molar-refractivity contribution in [3.63, 3.8) is 0 Å². The Kier molecular flexibility index (Phi) is 6.18. The minimum absolute atomic E-state index is 0.0242. The number of hydrogen-bond donors (Lipinski definition) is 0. The lowest BCUT2D eigenvalue weighted by atomic mass is 9.96. The standard InChI is InChI=1S/C20H26N2O4/c1-15(23)26-17-7-5-6-16(14-17)19(25)22-12-10-21(11-13-22)18(24)8-9-20(2,3)4/h5-9,14H,10-13H2,1-4H3/b9-8+. The topological polar surface area (TPSA) is 66.9 Å². The summed E-state index contributed by atoms with van der Waals surface area (Å²) >= 11 is 0. The van der Waals surface area contributed by atoms with Gasteiger partial charge in [-0.3, -0.25) is 14.4 Å². The first-order valence-corrected chi connectivity index (χ1v) is 8.71. The van der Waals surface area contributed by atoms with Gasteiger partial charge >= 0.3 is 5.97 Å². The highest BCUT2D eigenvalue weighted by Gasteiger charge is 2.24. The summed E-state index contributed by atoms with van der Waals surface area (Å²) in [7, 11) is 0. The second kappa shape index (κ2) is 8.17. The highest BCUT2D eigenvalue weighted by molar-refractivity contribution is 5.95. The molecule has 1 fully saturated rings. The van der Waals surface area contributed by atoms with E-state index in [-0.39, 0.29) is 17.2 Å². The summed E-state index contributed by atoms with van der Waals surface area (Å²) < 4.78 is 5.03. The Labute approximate surface area is 154 Å². The van der Waals surface area contributed by atoms with Gasteiger partial charge in [0.15, 0.2) is 0 Å². The van der Waals surface area contributed by atoms with E-state index in [0.29, 0.717) is 37.5 Å². The first-order chi connectivity index (χ1) is 12.2. The Morgan fingerprint density at radius 3 is 2.23 bits per heavy atom. The van der Waals surface area contributed by atoms with Gasteiger partial charge in [-0.25, -0.2) is 0 Å². The average Bonchev–Trinajstić information content (AvgIpc) is 2.58. The third-order valence-electron chi connectivity index (χ3n) is 3.95. The molecule has 0 unspecified atom stereocenters. The summed E-state index contributed by atoms with van der Waals surface area (Å²) in [5.41, 5.74) is 0.427. The highest BCUT2D eigenvalue weighted by atomic mass is 16.5. The Hall–Kier alpha value is -2.63. The van der Waals surface area contributed by atoms with Gasteiger partial charge in [-0.05, 0) is 29.7 Å². The molecule has 0 atom stereocenters. The number of rotatable bonds is 3. The number of ether oxygens (including phenoxy) is 1. The van der Waals surface area contributed by atoms with Gasteiger partial charge in [-0.15, -0.1) is 0 Å². The maximum absolute atomic E-state index is 12.6. The van der Waals surface area contributed by atoms with Crippen LogP contribution in [0, 0.1) is 5.41 Å². The lowest BCUT2D eigenvalue weighted by Gasteiger charge is -2.34. The molecule has 1 aromatic carbocycles. The third kappa shape index (κ3) is 5.72. The molecule has 6 nitrogen and oxygen atoms in total. The van der Waals surface area contributed by atoms with E-state index in [0.717, 1.165) is 0 Å².